The third kappa shape index (κ3) is 3.20. The van der Waals surface area contributed by atoms with Gasteiger partial charge in [-0.25, -0.2) is 4.98 Å². The van der Waals surface area contributed by atoms with E-state index in [2.05, 4.69) is 4.98 Å². The van der Waals surface area contributed by atoms with Gasteiger partial charge in [0.1, 0.15) is 5.75 Å². The van der Waals surface area contributed by atoms with E-state index in [0.29, 0.717) is 17.0 Å². The summed E-state index contributed by atoms with van der Waals surface area (Å²) in [4.78, 5) is 15.8. The quantitative estimate of drug-likeness (QED) is 0.899. The predicted molar refractivity (Wildman–Crippen MR) is 71.2 cm³/mol. The molecule has 1 aromatic heterocycles. The summed E-state index contributed by atoms with van der Waals surface area (Å²) in [5.74, 6) is 0.672. The van der Waals surface area contributed by atoms with Crippen molar-refractivity contribution >= 4 is 0 Å². The van der Waals surface area contributed by atoms with Crippen LogP contribution in [0.15, 0.2) is 41.5 Å². The highest BCUT2D eigenvalue weighted by Gasteiger charge is 2.10. The molecular formula is C14H16N2O3. The lowest BCUT2D eigenvalue weighted by molar-refractivity contribution is 0.154. The van der Waals surface area contributed by atoms with Crippen LogP contribution < -0.4 is 10.3 Å². The molecule has 1 atom stereocenters. The molecule has 0 fully saturated rings. The lowest BCUT2D eigenvalue weighted by Crippen LogP contribution is -2.23. The SMILES string of the molecule is COc1cccc(C(O)Cn2cnc(C)cc2=O)c1. The molecule has 0 saturated carbocycles. The van der Waals surface area contributed by atoms with E-state index in [9.17, 15) is 9.90 Å². The van der Waals surface area contributed by atoms with Gasteiger partial charge in [0.25, 0.3) is 5.56 Å². The molecule has 0 spiro atoms. The Labute approximate surface area is 111 Å². The van der Waals surface area contributed by atoms with Crippen molar-refractivity contribution in [3.63, 3.8) is 0 Å². The van der Waals surface area contributed by atoms with E-state index >= 15 is 0 Å². The van der Waals surface area contributed by atoms with Crippen LogP contribution in [-0.2, 0) is 6.54 Å². The molecular weight excluding hydrogens is 244 g/mol. The summed E-state index contributed by atoms with van der Waals surface area (Å²) in [7, 11) is 1.57. The Morgan fingerprint density at radius 2 is 2.21 bits per heavy atom. The first-order valence-electron chi connectivity index (χ1n) is 5.95. The average Bonchev–Trinajstić information content (AvgIpc) is 2.42. The van der Waals surface area contributed by atoms with Gasteiger partial charge in [0, 0.05) is 11.8 Å². The van der Waals surface area contributed by atoms with Crippen molar-refractivity contribution in [3.05, 3.63) is 58.3 Å². The second kappa shape index (κ2) is 5.67. The second-order valence-electron chi connectivity index (χ2n) is 4.31. The molecule has 1 heterocycles. The Morgan fingerprint density at radius 1 is 1.42 bits per heavy atom. The Kier molecular flexibility index (Phi) is 3.97. The molecule has 1 unspecified atom stereocenters. The minimum absolute atomic E-state index is 0.166. The van der Waals surface area contributed by atoms with Crippen LogP contribution in [0.25, 0.3) is 0 Å². The second-order valence-corrected chi connectivity index (χ2v) is 4.31. The number of aliphatic hydroxyl groups is 1. The van der Waals surface area contributed by atoms with Crippen LogP contribution >= 0.6 is 0 Å². The van der Waals surface area contributed by atoms with Crippen molar-refractivity contribution in [1.29, 1.82) is 0 Å². The zero-order valence-electron chi connectivity index (χ0n) is 10.9. The molecule has 5 heteroatoms. The van der Waals surface area contributed by atoms with E-state index in [1.54, 1.807) is 38.3 Å². The number of aliphatic hydroxyl groups excluding tert-OH is 1. The molecule has 0 saturated heterocycles. The number of rotatable bonds is 4. The van der Waals surface area contributed by atoms with E-state index in [1.165, 1.54) is 17.0 Å². The first-order chi connectivity index (χ1) is 9.10. The number of methoxy groups -OCH3 is 1. The zero-order chi connectivity index (χ0) is 13.8. The van der Waals surface area contributed by atoms with Crippen molar-refractivity contribution in [1.82, 2.24) is 9.55 Å². The Hall–Kier alpha value is -2.14. The molecule has 2 aromatic rings. The summed E-state index contributed by atoms with van der Waals surface area (Å²) >= 11 is 0. The van der Waals surface area contributed by atoms with E-state index in [1.807, 2.05) is 0 Å². The largest absolute Gasteiger partial charge is 0.497 e. The third-order valence-electron chi connectivity index (χ3n) is 2.86. The fraction of sp³-hybridized carbons (Fsp3) is 0.286. The van der Waals surface area contributed by atoms with Gasteiger partial charge in [0.15, 0.2) is 0 Å². The summed E-state index contributed by atoms with van der Waals surface area (Å²) in [5, 5.41) is 10.1. The number of nitrogens with zero attached hydrogens (tertiary/aromatic N) is 2. The number of hydrogen-bond donors (Lipinski definition) is 1. The van der Waals surface area contributed by atoms with Crippen LogP contribution in [0.5, 0.6) is 5.75 Å². The number of ether oxygens (including phenoxy) is 1. The van der Waals surface area contributed by atoms with Crippen molar-refractivity contribution in [2.75, 3.05) is 7.11 Å². The van der Waals surface area contributed by atoms with E-state index in [4.69, 9.17) is 4.74 Å². The maximum atomic E-state index is 11.7. The minimum Gasteiger partial charge on any atom is -0.497 e. The number of benzene rings is 1. The summed E-state index contributed by atoms with van der Waals surface area (Å²) in [6, 6.07) is 8.58. The molecule has 0 bridgehead atoms. The third-order valence-corrected chi connectivity index (χ3v) is 2.86. The van der Waals surface area contributed by atoms with Gasteiger partial charge in [0.05, 0.1) is 26.1 Å². The maximum absolute atomic E-state index is 11.7. The van der Waals surface area contributed by atoms with Gasteiger partial charge >= 0.3 is 0 Å². The molecule has 0 aliphatic rings. The van der Waals surface area contributed by atoms with Crippen LogP contribution in [0, 0.1) is 6.92 Å². The van der Waals surface area contributed by atoms with Crippen LogP contribution in [-0.4, -0.2) is 21.8 Å². The fourth-order valence-corrected chi connectivity index (χ4v) is 1.79. The molecule has 2 rings (SSSR count). The Morgan fingerprint density at radius 3 is 2.89 bits per heavy atom. The lowest BCUT2D eigenvalue weighted by Gasteiger charge is -2.13. The number of aromatic nitrogens is 2. The van der Waals surface area contributed by atoms with E-state index in [0.717, 1.165) is 0 Å². The fourth-order valence-electron chi connectivity index (χ4n) is 1.79. The monoisotopic (exact) mass is 260 g/mol. The van der Waals surface area contributed by atoms with Crippen molar-refractivity contribution in [2.24, 2.45) is 0 Å². The van der Waals surface area contributed by atoms with Gasteiger partial charge in [0.2, 0.25) is 0 Å². The molecule has 5 nitrogen and oxygen atoms in total. The normalized spacial score (nSPS) is 12.2. The van der Waals surface area contributed by atoms with Crippen molar-refractivity contribution < 1.29 is 9.84 Å². The van der Waals surface area contributed by atoms with Gasteiger partial charge in [-0.2, -0.15) is 0 Å². The van der Waals surface area contributed by atoms with Crippen molar-refractivity contribution in [2.45, 2.75) is 19.6 Å². The number of hydrogen-bond acceptors (Lipinski definition) is 4. The van der Waals surface area contributed by atoms with E-state index < -0.39 is 6.10 Å². The lowest BCUT2D eigenvalue weighted by atomic mass is 10.1. The molecule has 19 heavy (non-hydrogen) atoms. The van der Waals surface area contributed by atoms with Crippen LogP contribution in [0.2, 0.25) is 0 Å². The highest BCUT2D eigenvalue weighted by atomic mass is 16.5. The first kappa shape index (κ1) is 13.3. The van der Waals surface area contributed by atoms with Gasteiger partial charge in [-0.15, -0.1) is 0 Å². The molecule has 100 valence electrons. The average molecular weight is 260 g/mol. The summed E-state index contributed by atoms with van der Waals surface area (Å²) in [6.07, 6.45) is 0.665. The Balaban J connectivity index is 2.20. The van der Waals surface area contributed by atoms with Crippen molar-refractivity contribution in [3.8, 4) is 5.75 Å². The molecule has 0 radical (unpaired) electrons. The summed E-state index contributed by atoms with van der Waals surface area (Å²) < 4.78 is 6.49. The van der Waals surface area contributed by atoms with Gasteiger partial charge < -0.3 is 9.84 Å². The van der Waals surface area contributed by atoms with Crippen LogP contribution in [0.1, 0.15) is 17.4 Å². The topological polar surface area (TPSA) is 64.3 Å². The zero-order valence-corrected chi connectivity index (χ0v) is 10.9. The standard InChI is InChI=1S/C14H16N2O3/c1-10-6-14(18)16(9-15-10)8-13(17)11-4-3-5-12(7-11)19-2/h3-7,9,13,17H,8H2,1-2H3. The highest BCUT2D eigenvalue weighted by Crippen LogP contribution is 2.19. The molecule has 1 aromatic carbocycles. The Bertz CT molecular complexity index is 622. The first-order valence-corrected chi connectivity index (χ1v) is 5.95. The van der Waals surface area contributed by atoms with Crippen LogP contribution in [0.3, 0.4) is 0 Å². The number of aryl methyl sites for hydroxylation is 1. The van der Waals surface area contributed by atoms with Gasteiger partial charge in [-0.05, 0) is 24.6 Å². The molecule has 0 amide bonds. The van der Waals surface area contributed by atoms with Gasteiger partial charge in [-0.3, -0.25) is 9.36 Å². The van der Waals surface area contributed by atoms with Gasteiger partial charge in [-0.1, -0.05) is 12.1 Å². The molecule has 0 aliphatic carbocycles. The van der Waals surface area contributed by atoms with E-state index in [-0.39, 0.29) is 12.1 Å². The predicted octanol–water partition coefficient (Wildman–Crippen LogP) is 1.29. The smallest absolute Gasteiger partial charge is 0.253 e. The summed E-state index contributed by atoms with van der Waals surface area (Å²) in [6.45, 7) is 1.92. The molecule has 1 N–H and O–H groups in total. The molecule has 0 aliphatic heterocycles. The highest BCUT2D eigenvalue weighted by molar-refractivity contribution is 5.29. The van der Waals surface area contributed by atoms with Crippen LogP contribution in [0.4, 0.5) is 0 Å². The summed E-state index contributed by atoms with van der Waals surface area (Å²) in [5.41, 5.74) is 1.19. The minimum atomic E-state index is -0.780. The maximum Gasteiger partial charge on any atom is 0.253 e.